The average molecular weight is 271 g/mol. The second-order valence-electron chi connectivity index (χ2n) is 6.71. The molecule has 1 aromatic rings. The fourth-order valence-electron chi connectivity index (χ4n) is 3.92. The molecule has 3 rings (SSSR count). The topological polar surface area (TPSA) is 33.1 Å². The largest absolute Gasteiger partial charge is 0.396 e. The number of pyridine rings is 1. The number of nitrogens with zero attached hydrogens (tertiary/aromatic N) is 1. The molecule has 0 radical (unpaired) electrons. The molecule has 2 aliphatic rings. The van der Waals surface area contributed by atoms with Crippen molar-refractivity contribution in [2.75, 3.05) is 6.61 Å². The van der Waals surface area contributed by atoms with E-state index < -0.39 is 0 Å². The summed E-state index contributed by atoms with van der Waals surface area (Å²) >= 11 is 0. The highest BCUT2D eigenvalue weighted by molar-refractivity contribution is 5.51. The Bertz CT molecular complexity index is 446. The van der Waals surface area contributed by atoms with Crippen LogP contribution in [0.4, 0.5) is 0 Å². The SMILES string of the molecule is OCC1CCC2(CCC(=Cc3cccnc3)CC2)CC1. The van der Waals surface area contributed by atoms with Crippen LogP contribution >= 0.6 is 0 Å². The van der Waals surface area contributed by atoms with Crippen LogP contribution in [0.2, 0.25) is 0 Å². The average Bonchev–Trinajstić information content (AvgIpc) is 2.52. The monoisotopic (exact) mass is 271 g/mol. The van der Waals surface area contributed by atoms with Crippen molar-refractivity contribution in [3.8, 4) is 0 Å². The molecule has 2 aliphatic carbocycles. The van der Waals surface area contributed by atoms with E-state index in [1.165, 1.54) is 56.9 Å². The molecule has 2 fully saturated rings. The van der Waals surface area contributed by atoms with Crippen LogP contribution in [0, 0.1) is 11.3 Å². The van der Waals surface area contributed by atoms with Gasteiger partial charge >= 0.3 is 0 Å². The van der Waals surface area contributed by atoms with Gasteiger partial charge in [0.05, 0.1) is 0 Å². The summed E-state index contributed by atoms with van der Waals surface area (Å²) in [7, 11) is 0. The Morgan fingerprint density at radius 1 is 1.20 bits per heavy atom. The summed E-state index contributed by atoms with van der Waals surface area (Å²) in [6.45, 7) is 0.391. The Kier molecular flexibility index (Phi) is 4.21. The Labute approximate surface area is 121 Å². The number of aromatic nitrogens is 1. The second kappa shape index (κ2) is 6.09. The Morgan fingerprint density at radius 2 is 1.95 bits per heavy atom. The molecule has 0 aromatic carbocycles. The highest BCUT2D eigenvalue weighted by Crippen LogP contribution is 2.50. The fraction of sp³-hybridized carbons (Fsp3) is 0.611. The lowest BCUT2D eigenvalue weighted by Gasteiger charge is -2.43. The molecule has 0 saturated heterocycles. The van der Waals surface area contributed by atoms with Crippen LogP contribution in [0.5, 0.6) is 0 Å². The molecule has 1 aromatic heterocycles. The Balaban J connectivity index is 1.59. The van der Waals surface area contributed by atoms with Gasteiger partial charge < -0.3 is 5.11 Å². The number of rotatable bonds is 2. The van der Waals surface area contributed by atoms with E-state index in [2.05, 4.69) is 17.1 Å². The van der Waals surface area contributed by atoms with Gasteiger partial charge in [0.1, 0.15) is 0 Å². The van der Waals surface area contributed by atoms with Crippen molar-refractivity contribution in [1.29, 1.82) is 0 Å². The van der Waals surface area contributed by atoms with E-state index in [0.29, 0.717) is 17.9 Å². The maximum atomic E-state index is 9.27. The molecule has 2 nitrogen and oxygen atoms in total. The molecule has 0 aliphatic heterocycles. The second-order valence-corrected chi connectivity index (χ2v) is 6.71. The van der Waals surface area contributed by atoms with Gasteiger partial charge in [-0.25, -0.2) is 0 Å². The molecular formula is C18H25NO. The van der Waals surface area contributed by atoms with Gasteiger partial charge in [0.15, 0.2) is 0 Å². The van der Waals surface area contributed by atoms with Crippen molar-refractivity contribution >= 4 is 6.08 Å². The molecule has 108 valence electrons. The first-order valence-electron chi connectivity index (χ1n) is 8.00. The zero-order chi connectivity index (χ0) is 13.8. The smallest absolute Gasteiger partial charge is 0.0459 e. The molecule has 0 atom stereocenters. The molecule has 0 amide bonds. The minimum atomic E-state index is 0.391. The highest BCUT2D eigenvalue weighted by Gasteiger charge is 2.36. The molecule has 0 bridgehead atoms. The first-order valence-corrected chi connectivity index (χ1v) is 8.00. The number of aliphatic hydroxyl groups excluding tert-OH is 1. The van der Waals surface area contributed by atoms with Crippen LogP contribution in [-0.2, 0) is 0 Å². The lowest BCUT2D eigenvalue weighted by atomic mass is 9.62. The Morgan fingerprint density at radius 3 is 2.55 bits per heavy atom. The molecule has 20 heavy (non-hydrogen) atoms. The zero-order valence-electron chi connectivity index (χ0n) is 12.2. The van der Waals surface area contributed by atoms with Crippen LogP contribution in [0.3, 0.4) is 0 Å². The van der Waals surface area contributed by atoms with Crippen molar-refractivity contribution < 1.29 is 5.11 Å². The summed E-state index contributed by atoms with van der Waals surface area (Å²) in [4.78, 5) is 4.18. The number of hydrogen-bond donors (Lipinski definition) is 1. The third-order valence-electron chi connectivity index (χ3n) is 5.43. The summed E-state index contributed by atoms with van der Waals surface area (Å²) in [6, 6.07) is 4.14. The van der Waals surface area contributed by atoms with Gasteiger partial charge in [0, 0.05) is 19.0 Å². The maximum Gasteiger partial charge on any atom is 0.0459 e. The summed E-state index contributed by atoms with van der Waals surface area (Å²) in [6.07, 6.45) is 16.4. The summed E-state index contributed by atoms with van der Waals surface area (Å²) < 4.78 is 0. The third-order valence-corrected chi connectivity index (χ3v) is 5.43. The van der Waals surface area contributed by atoms with E-state index in [4.69, 9.17) is 0 Å². The fourth-order valence-corrected chi connectivity index (χ4v) is 3.92. The van der Waals surface area contributed by atoms with Gasteiger partial charge in [0.25, 0.3) is 0 Å². The van der Waals surface area contributed by atoms with Crippen LogP contribution in [0.25, 0.3) is 6.08 Å². The van der Waals surface area contributed by atoms with Gasteiger partial charge in [-0.15, -0.1) is 0 Å². The van der Waals surface area contributed by atoms with Crippen molar-refractivity contribution in [2.24, 2.45) is 11.3 Å². The van der Waals surface area contributed by atoms with Crippen molar-refractivity contribution in [2.45, 2.75) is 51.4 Å². The first-order chi connectivity index (χ1) is 9.80. The van der Waals surface area contributed by atoms with Gasteiger partial charge in [-0.3, -0.25) is 4.98 Å². The van der Waals surface area contributed by atoms with Gasteiger partial charge in [0.2, 0.25) is 0 Å². The lowest BCUT2D eigenvalue weighted by Crippen LogP contribution is -2.31. The molecular weight excluding hydrogens is 246 g/mol. The van der Waals surface area contributed by atoms with E-state index in [1.807, 2.05) is 18.5 Å². The highest BCUT2D eigenvalue weighted by atomic mass is 16.3. The van der Waals surface area contributed by atoms with Crippen LogP contribution in [0.1, 0.15) is 56.9 Å². The normalized spacial score (nSPS) is 30.4. The van der Waals surface area contributed by atoms with E-state index >= 15 is 0 Å². The predicted molar refractivity (Wildman–Crippen MR) is 82.2 cm³/mol. The summed E-state index contributed by atoms with van der Waals surface area (Å²) in [5, 5.41) is 9.27. The van der Waals surface area contributed by atoms with E-state index in [0.717, 1.165) is 0 Å². The van der Waals surface area contributed by atoms with E-state index in [9.17, 15) is 5.11 Å². The first kappa shape index (κ1) is 13.8. The third kappa shape index (κ3) is 3.12. The standard InChI is InChI=1S/C18H25NO/c20-14-16-5-9-18(10-6-16)7-3-15(4-8-18)12-17-2-1-11-19-13-17/h1-2,11-13,16,20H,3-10,14H2. The zero-order valence-corrected chi connectivity index (χ0v) is 12.2. The van der Waals surface area contributed by atoms with Crippen LogP contribution in [-0.4, -0.2) is 16.7 Å². The minimum absolute atomic E-state index is 0.391. The number of hydrogen-bond acceptors (Lipinski definition) is 2. The van der Waals surface area contributed by atoms with Crippen LogP contribution < -0.4 is 0 Å². The molecule has 2 saturated carbocycles. The predicted octanol–water partition coefficient (Wildman–Crippen LogP) is 4.21. The van der Waals surface area contributed by atoms with Crippen LogP contribution in [0.15, 0.2) is 30.1 Å². The molecule has 1 N–H and O–H groups in total. The van der Waals surface area contributed by atoms with E-state index in [1.54, 1.807) is 5.57 Å². The minimum Gasteiger partial charge on any atom is -0.396 e. The van der Waals surface area contributed by atoms with Gasteiger partial charge in [-0.2, -0.15) is 0 Å². The molecule has 1 heterocycles. The number of aliphatic hydroxyl groups is 1. The molecule has 2 heteroatoms. The van der Waals surface area contributed by atoms with Crippen molar-refractivity contribution in [3.63, 3.8) is 0 Å². The van der Waals surface area contributed by atoms with E-state index in [-0.39, 0.29) is 0 Å². The summed E-state index contributed by atoms with van der Waals surface area (Å²) in [5.74, 6) is 0.577. The number of allylic oxidation sites excluding steroid dienone is 1. The Hall–Kier alpha value is -1.15. The quantitative estimate of drug-likeness (QED) is 0.874. The lowest BCUT2D eigenvalue weighted by molar-refractivity contribution is 0.0840. The van der Waals surface area contributed by atoms with Gasteiger partial charge in [-0.05, 0) is 74.3 Å². The van der Waals surface area contributed by atoms with Crippen molar-refractivity contribution in [1.82, 2.24) is 4.98 Å². The van der Waals surface area contributed by atoms with Gasteiger partial charge in [-0.1, -0.05) is 17.7 Å². The maximum absolute atomic E-state index is 9.27. The van der Waals surface area contributed by atoms with Crippen molar-refractivity contribution in [3.05, 3.63) is 35.7 Å². The molecule has 0 unspecified atom stereocenters. The molecule has 1 spiro atoms. The summed E-state index contributed by atoms with van der Waals surface area (Å²) in [5.41, 5.74) is 3.42.